The highest BCUT2D eigenvalue weighted by molar-refractivity contribution is 9.13. The molecule has 0 bridgehead atoms. The van der Waals surface area contributed by atoms with Crippen LogP contribution in [0.15, 0.2) is 19.5 Å². The summed E-state index contributed by atoms with van der Waals surface area (Å²) < 4.78 is 1.70. The Bertz CT molecular complexity index is 505. The van der Waals surface area contributed by atoms with Crippen molar-refractivity contribution < 1.29 is 10.0 Å². The van der Waals surface area contributed by atoms with E-state index < -0.39 is 5.54 Å². The summed E-state index contributed by atoms with van der Waals surface area (Å²) >= 11 is 8.04. The maximum atomic E-state index is 12.3. The van der Waals surface area contributed by atoms with E-state index in [1.165, 1.54) is 11.3 Å². The number of nitrogens with two attached hydrogens (primary N) is 1. The molecule has 5 nitrogen and oxygen atoms in total. The van der Waals surface area contributed by atoms with Crippen molar-refractivity contribution in [2.45, 2.75) is 31.2 Å². The molecule has 1 saturated carbocycles. The molecule has 0 spiro atoms. The number of carbonyl (C=O) groups is 1. The van der Waals surface area contributed by atoms with Gasteiger partial charge in [0.05, 0.1) is 8.66 Å². The summed E-state index contributed by atoms with van der Waals surface area (Å²) in [6.07, 6.45) is 3.30. The highest BCUT2D eigenvalue weighted by Gasteiger charge is 2.40. The zero-order valence-corrected chi connectivity index (χ0v) is 13.9. The molecule has 8 heteroatoms. The maximum absolute atomic E-state index is 12.3. The van der Waals surface area contributed by atoms with Crippen LogP contribution in [0.2, 0.25) is 0 Å². The van der Waals surface area contributed by atoms with Crippen molar-refractivity contribution in [3.8, 4) is 0 Å². The third kappa shape index (κ3) is 2.95. The molecule has 1 fully saturated rings. The van der Waals surface area contributed by atoms with Gasteiger partial charge in [-0.05, 0) is 50.8 Å². The largest absolute Gasteiger partial charge is 0.409 e. The molecule has 4 N–H and O–H groups in total. The summed E-state index contributed by atoms with van der Waals surface area (Å²) in [5.41, 5.74) is 5.03. The number of thiophene rings is 1. The van der Waals surface area contributed by atoms with Gasteiger partial charge in [-0.1, -0.05) is 18.0 Å². The van der Waals surface area contributed by atoms with Crippen molar-refractivity contribution in [1.29, 1.82) is 0 Å². The van der Waals surface area contributed by atoms with Crippen LogP contribution in [0.1, 0.15) is 35.4 Å². The Hall–Kier alpha value is -0.600. The molecule has 0 aliphatic heterocycles. The molecule has 1 heterocycles. The van der Waals surface area contributed by atoms with E-state index in [9.17, 15) is 4.79 Å². The molecule has 2 rings (SSSR count). The third-order valence-corrected chi connectivity index (χ3v) is 6.53. The zero-order valence-electron chi connectivity index (χ0n) is 9.95. The van der Waals surface area contributed by atoms with Crippen LogP contribution in [-0.4, -0.2) is 22.5 Å². The van der Waals surface area contributed by atoms with E-state index in [4.69, 9.17) is 10.9 Å². The summed E-state index contributed by atoms with van der Waals surface area (Å²) in [6.45, 7) is 0. The van der Waals surface area contributed by atoms with Gasteiger partial charge in [0.25, 0.3) is 5.91 Å². The second-order valence-electron chi connectivity index (χ2n) is 4.46. The van der Waals surface area contributed by atoms with Crippen molar-refractivity contribution in [3.05, 3.63) is 19.2 Å². The van der Waals surface area contributed by atoms with Crippen molar-refractivity contribution in [3.63, 3.8) is 0 Å². The lowest BCUT2D eigenvalue weighted by atomic mass is 9.96. The molecular formula is C11H13Br2N3O2S. The molecule has 19 heavy (non-hydrogen) atoms. The molecule has 0 aromatic carbocycles. The van der Waals surface area contributed by atoms with E-state index in [2.05, 4.69) is 42.3 Å². The number of nitrogens with one attached hydrogen (secondary N) is 1. The molecule has 1 aromatic heterocycles. The molecule has 104 valence electrons. The number of amidine groups is 1. The van der Waals surface area contributed by atoms with E-state index in [0.29, 0.717) is 17.7 Å². The van der Waals surface area contributed by atoms with E-state index >= 15 is 0 Å². The van der Waals surface area contributed by atoms with Crippen molar-refractivity contribution in [2.24, 2.45) is 10.9 Å². The number of nitrogens with zero attached hydrogens (tertiary/aromatic N) is 1. The topological polar surface area (TPSA) is 87.7 Å². The smallest absolute Gasteiger partial charge is 0.262 e. The summed E-state index contributed by atoms with van der Waals surface area (Å²) in [5, 5.41) is 14.9. The quantitative estimate of drug-likeness (QED) is 0.309. The Morgan fingerprint density at radius 3 is 2.58 bits per heavy atom. The number of hydrogen-bond donors (Lipinski definition) is 3. The molecule has 1 aromatic rings. The first-order valence-corrected chi connectivity index (χ1v) is 8.14. The van der Waals surface area contributed by atoms with Crippen molar-refractivity contribution >= 4 is 54.9 Å². The lowest BCUT2D eigenvalue weighted by Crippen LogP contribution is -2.55. The number of hydrogen-bond acceptors (Lipinski definition) is 4. The van der Waals surface area contributed by atoms with Gasteiger partial charge in [-0.25, -0.2) is 0 Å². The normalized spacial score (nSPS) is 18.5. The second-order valence-corrected chi connectivity index (χ2v) is 7.69. The second kappa shape index (κ2) is 5.80. The Labute approximate surface area is 131 Å². The summed E-state index contributed by atoms with van der Waals surface area (Å²) in [6, 6.07) is 1.75. The lowest BCUT2D eigenvalue weighted by molar-refractivity contribution is 0.0927. The Morgan fingerprint density at radius 1 is 1.47 bits per heavy atom. The first-order chi connectivity index (χ1) is 8.98. The highest BCUT2D eigenvalue weighted by Crippen LogP contribution is 2.34. The summed E-state index contributed by atoms with van der Waals surface area (Å²) in [4.78, 5) is 12.8. The van der Waals surface area contributed by atoms with E-state index in [-0.39, 0.29) is 11.7 Å². The van der Waals surface area contributed by atoms with Gasteiger partial charge in [-0.2, -0.15) is 0 Å². The van der Waals surface area contributed by atoms with Crippen LogP contribution in [0.4, 0.5) is 0 Å². The van der Waals surface area contributed by atoms with Crippen LogP contribution in [0.5, 0.6) is 0 Å². The highest BCUT2D eigenvalue weighted by atomic mass is 79.9. The first-order valence-electron chi connectivity index (χ1n) is 5.74. The maximum Gasteiger partial charge on any atom is 0.262 e. The van der Waals surface area contributed by atoms with E-state index in [1.54, 1.807) is 6.07 Å². The fraction of sp³-hybridized carbons (Fsp3) is 0.455. The van der Waals surface area contributed by atoms with Crippen molar-refractivity contribution in [2.75, 3.05) is 0 Å². The number of rotatable bonds is 3. The summed E-state index contributed by atoms with van der Waals surface area (Å²) in [7, 11) is 0. The molecule has 0 atom stereocenters. The predicted molar refractivity (Wildman–Crippen MR) is 81.8 cm³/mol. The van der Waals surface area contributed by atoms with Crippen LogP contribution in [0.25, 0.3) is 0 Å². The monoisotopic (exact) mass is 409 g/mol. The minimum absolute atomic E-state index is 0.0769. The molecule has 0 saturated heterocycles. The minimum atomic E-state index is -0.714. The standard InChI is InChI=1S/C11H13Br2N3O2S/c12-6-5-7(19-8(6)13)9(17)15-11(10(14)16-18)3-1-2-4-11/h5,18H,1-4H2,(H2,14,16)(H,15,17). The van der Waals surface area contributed by atoms with Gasteiger partial charge in [-0.3, -0.25) is 4.79 Å². The van der Waals surface area contributed by atoms with Gasteiger partial charge in [-0.15, -0.1) is 11.3 Å². The van der Waals surface area contributed by atoms with Crippen LogP contribution >= 0.6 is 43.2 Å². The molecule has 0 unspecified atom stereocenters. The average Bonchev–Trinajstić information content (AvgIpc) is 2.97. The predicted octanol–water partition coefficient (Wildman–Crippen LogP) is 3.06. The number of carbonyl (C=O) groups excluding carboxylic acids is 1. The Morgan fingerprint density at radius 2 is 2.11 bits per heavy atom. The molecule has 1 aliphatic rings. The van der Waals surface area contributed by atoms with E-state index in [0.717, 1.165) is 21.1 Å². The number of halogens is 2. The summed E-state index contributed by atoms with van der Waals surface area (Å²) in [5.74, 6) is -0.127. The van der Waals surface area contributed by atoms with E-state index in [1.807, 2.05) is 0 Å². The fourth-order valence-electron chi connectivity index (χ4n) is 2.26. The molecule has 1 aliphatic carbocycles. The van der Waals surface area contributed by atoms with Gasteiger partial charge in [0.2, 0.25) is 0 Å². The van der Waals surface area contributed by atoms with Gasteiger partial charge >= 0.3 is 0 Å². The van der Waals surface area contributed by atoms with Gasteiger partial charge in [0.15, 0.2) is 5.84 Å². The zero-order chi connectivity index (χ0) is 14.0. The van der Waals surface area contributed by atoms with Crippen LogP contribution in [0.3, 0.4) is 0 Å². The number of oxime groups is 1. The van der Waals surface area contributed by atoms with Gasteiger partial charge in [0.1, 0.15) is 5.54 Å². The first kappa shape index (κ1) is 14.8. The third-order valence-electron chi connectivity index (χ3n) is 3.28. The molecule has 0 radical (unpaired) electrons. The lowest BCUT2D eigenvalue weighted by Gasteiger charge is -2.28. The molecule has 1 amide bonds. The Kier molecular flexibility index (Phi) is 4.52. The minimum Gasteiger partial charge on any atom is -0.409 e. The van der Waals surface area contributed by atoms with Crippen LogP contribution < -0.4 is 11.1 Å². The SMILES string of the molecule is NC(=NO)C1(NC(=O)c2cc(Br)c(Br)s2)CCCC1. The van der Waals surface area contributed by atoms with Crippen LogP contribution in [-0.2, 0) is 0 Å². The van der Waals surface area contributed by atoms with Crippen molar-refractivity contribution in [1.82, 2.24) is 5.32 Å². The molecular weight excluding hydrogens is 398 g/mol. The number of amides is 1. The van der Waals surface area contributed by atoms with Gasteiger partial charge < -0.3 is 16.3 Å². The van der Waals surface area contributed by atoms with Crippen LogP contribution in [0, 0.1) is 0 Å². The Balaban J connectivity index is 2.20. The van der Waals surface area contributed by atoms with Gasteiger partial charge in [0, 0.05) is 4.47 Å². The fourth-order valence-corrected chi connectivity index (χ4v) is 4.19. The average molecular weight is 411 g/mol.